The van der Waals surface area contributed by atoms with Crippen LogP contribution in [0, 0.1) is 0 Å². The summed E-state index contributed by atoms with van der Waals surface area (Å²) in [6.45, 7) is 0. The Hall–Kier alpha value is -6.40. The highest BCUT2D eigenvalue weighted by Gasteiger charge is 2.20. The van der Waals surface area contributed by atoms with Gasteiger partial charge in [0.25, 0.3) is 0 Å². The molecule has 0 unspecified atom stereocenters. The third-order valence-electron chi connectivity index (χ3n) is 8.95. The number of hydrogen-bond acceptors (Lipinski definition) is 5. The van der Waals surface area contributed by atoms with Crippen LogP contribution < -0.4 is 0 Å². The zero-order valence-corrected chi connectivity index (χ0v) is 24.4. The van der Waals surface area contributed by atoms with Gasteiger partial charge in [-0.05, 0) is 51.9 Å². The molecule has 0 atom stereocenters. The minimum atomic E-state index is 0.558. The summed E-state index contributed by atoms with van der Waals surface area (Å²) in [6.07, 6.45) is 3.54. The standard InChI is InChI=1S/C40H23N5O/c1-2-9-27-24(8-1)16-17-25-22-26(18-19-28(25)27)38-42-39(32-12-7-15-35-37(32)31-20-21-41-23-36(31)46-35)44-40(43-38)45-33-13-5-3-10-29(33)30-11-4-6-14-34(30)45/h1-23H. The molecule has 4 heterocycles. The van der Waals surface area contributed by atoms with E-state index in [0.29, 0.717) is 17.6 Å². The highest BCUT2D eigenvalue weighted by Crippen LogP contribution is 2.37. The van der Waals surface area contributed by atoms with Crippen molar-refractivity contribution in [1.29, 1.82) is 0 Å². The average molecular weight is 590 g/mol. The number of nitrogens with zero attached hydrogens (tertiary/aromatic N) is 5. The van der Waals surface area contributed by atoms with Crippen LogP contribution >= 0.6 is 0 Å². The van der Waals surface area contributed by atoms with Crippen LogP contribution in [0.5, 0.6) is 0 Å². The van der Waals surface area contributed by atoms with Crippen LogP contribution in [0.2, 0.25) is 0 Å². The van der Waals surface area contributed by atoms with E-state index in [2.05, 4.69) is 119 Å². The topological polar surface area (TPSA) is 69.6 Å². The number of hydrogen-bond donors (Lipinski definition) is 0. The summed E-state index contributed by atoms with van der Waals surface area (Å²) >= 11 is 0. The van der Waals surface area contributed by atoms with Gasteiger partial charge in [0.2, 0.25) is 5.95 Å². The zero-order valence-electron chi connectivity index (χ0n) is 24.4. The van der Waals surface area contributed by atoms with Crippen molar-refractivity contribution >= 4 is 65.3 Å². The molecule has 10 aromatic rings. The van der Waals surface area contributed by atoms with Crippen molar-refractivity contribution in [2.24, 2.45) is 0 Å². The Morgan fingerprint density at radius 2 is 1.22 bits per heavy atom. The fourth-order valence-electron chi connectivity index (χ4n) is 6.87. The third-order valence-corrected chi connectivity index (χ3v) is 8.95. The van der Waals surface area contributed by atoms with Crippen LogP contribution in [0.25, 0.3) is 94.0 Å². The van der Waals surface area contributed by atoms with E-state index in [-0.39, 0.29) is 0 Å². The summed E-state index contributed by atoms with van der Waals surface area (Å²) in [5, 5.41) is 8.99. The minimum absolute atomic E-state index is 0.558. The number of benzene rings is 6. The van der Waals surface area contributed by atoms with Crippen molar-refractivity contribution in [2.75, 3.05) is 0 Å². The van der Waals surface area contributed by atoms with Gasteiger partial charge in [-0.1, -0.05) is 97.1 Å². The number of para-hydroxylation sites is 2. The predicted molar refractivity (Wildman–Crippen MR) is 185 cm³/mol. The molecule has 0 spiro atoms. The first-order chi connectivity index (χ1) is 22.8. The molecule has 46 heavy (non-hydrogen) atoms. The van der Waals surface area contributed by atoms with Crippen molar-refractivity contribution < 1.29 is 4.42 Å². The van der Waals surface area contributed by atoms with Gasteiger partial charge in [0.1, 0.15) is 5.58 Å². The summed E-state index contributed by atoms with van der Waals surface area (Å²) in [5.41, 5.74) is 5.36. The Bertz CT molecular complexity index is 2780. The fourth-order valence-corrected chi connectivity index (χ4v) is 6.87. The summed E-state index contributed by atoms with van der Waals surface area (Å²) < 4.78 is 8.34. The Morgan fingerprint density at radius 1 is 0.500 bits per heavy atom. The lowest BCUT2D eigenvalue weighted by atomic mass is 10.00. The zero-order chi connectivity index (χ0) is 30.2. The molecule has 0 aliphatic heterocycles. The van der Waals surface area contributed by atoms with Crippen molar-refractivity contribution in [1.82, 2.24) is 24.5 Å². The van der Waals surface area contributed by atoms with Gasteiger partial charge in [-0.2, -0.15) is 9.97 Å². The maximum absolute atomic E-state index is 6.19. The fraction of sp³-hybridized carbons (Fsp3) is 0. The molecule has 6 aromatic carbocycles. The van der Waals surface area contributed by atoms with E-state index in [1.807, 2.05) is 18.2 Å². The molecule has 0 N–H and O–H groups in total. The monoisotopic (exact) mass is 589 g/mol. The SMILES string of the molecule is c1ccc2c(c1)ccc1cc(-c3nc(-c4cccc5oc6cnccc6c45)nc(-n4c5ccccc5c5ccccc54)n3)ccc12. The lowest BCUT2D eigenvalue weighted by Crippen LogP contribution is -2.06. The van der Waals surface area contributed by atoms with E-state index < -0.39 is 0 Å². The van der Waals surface area contributed by atoms with Crippen LogP contribution in [0.1, 0.15) is 0 Å². The van der Waals surface area contributed by atoms with Crippen LogP contribution in [-0.2, 0) is 0 Å². The van der Waals surface area contributed by atoms with Crippen LogP contribution in [0.4, 0.5) is 0 Å². The molecule has 0 bridgehead atoms. The summed E-state index contributed by atoms with van der Waals surface area (Å²) in [5.74, 6) is 1.73. The van der Waals surface area contributed by atoms with Gasteiger partial charge in [-0.3, -0.25) is 9.55 Å². The highest BCUT2D eigenvalue weighted by atomic mass is 16.3. The smallest absolute Gasteiger partial charge is 0.238 e. The lowest BCUT2D eigenvalue weighted by molar-refractivity contribution is 0.667. The molecule has 0 saturated heterocycles. The van der Waals surface area contributed by atoms with Crippen LogP contribution in [0.3, 0.4) is 0 Å². The van der Waals surface area contributed by atoms with Gasteiger partial charge >= 0.3 is 0 Å². The van der Waals surface area contributed by atoms with Crippen molar-refractivity contribution in [2.45, 2.75) is 0 Å². The normalized spacial score (nSPS) is 11.9. The Balaban J connectivity index is 1.29. The molecular weight excluding hydrogens is 566 g/mol. The molecule has 0 aliphatic carbocycles. The van der Waals surface area contributed by atoms with E-state index in [1.165, 1.54) is 16.2 Å². The van der Waals surface area contributed by atoms with Gasteiger partial charge in [-0.15, -0.1) is 0 Å². The van der Waals surface area contributed by atoms with Gasteiger partial charge in [0.15, 0.2) is 17.2 Å². The molecule has 6 heteroatoms. The third kappa shape index (κ3) is 3.64. The summed E-state index contributed by atoms with van der Waals surface area (Å²) in [4.78, 5) is 19.8. The Morgan fingerprint density at radius 3 is 2.07 bits per heavy atom. The van der Waals surface area contributed by atoms with Gasteiger partial charge in [-0.25, -0.2) is 4.98 Å². The highest BCUT2D eigenvalue weighted by molar-refractivity contribution is 6.12. The molecule has 0 radical (unpaired) electrons. The molecule has 4 aromatic heterocycles. The first-order valence-corrected chi connectivity index (χ1v) is 15.2. The second-order valence-corrected chi connectivity index (χ2v) is 11.5. The van der Waals surface area contributed by atoms with Crippen LogP contribution in [-0.4, -0.2) is 24.5 Å². The van der Waals surface area contributed by atoms with Gasteiger partial charge in [0, 0.05) is 38.9 Å². The molecule has 6 nitrogen and oxygen atoms in total. The van der Waals surface area contributed by atoms with E-state index >= 15 is 0 Å². The van der Waals surface area contributed by atoms with E-state index in [4.69, 9.17) is 19.4 Å². The molecular formula is C40H23N5O. The molecule has 0 fully saturated rings. The number of furan rings is 1. The minimum Gasteiger partial charge on any atom is -0.454 e. The quantitative estimate of drug-likeness (QED) is 0.192. The predicted octanol–water partition coefficient (Wildman–Crippen LogP) is 9.90. The largest absolute Gasteiger partial charge is 0.454 e. The molecule has 10 rings (SSSR count). The van der Waals surface area contributed by atoms with Crippen molar-refractivity contribution in [3.05, 3.63) is 140 Å². The number of rotatable bonds is 3. The first-order valence-electron chi connectivity index (χ1n) is 15.2. The lowest BCUT2D eigenvalue weighted by Gasteiger charge is -2.12. The van der Waals surface area contributed by atoms with E-state index in [1.54, 1.807) is 12.4 Å². The maximum atomic E-state index is 6.19. The number of fused-ring (bicyclic) bond motifs is 9. The maximum Gasteiger partial charge on any atom is 0.238 e. The van der Waals surface area contributed by atoms with E-state index in [9.17, 15) is 0 Å². The first kappa shape index (κ1) is 25.0. The molecule has 0 amide bonds. The molecule has 0 saturated carbocycles. The van der Waals surface area contributed by atoms with Crippen molar-refractivity contribution in [3.63, 3.8) is 0 Å². The van der Waals surface area contributed by atoms with Crippen LogP contribution in [0.15, 0.2) is 144 Å². The Labute approximate surface area is 262 Å². The van der Waals surface area contributed by atoms with Gasteiger partial charge < -0.3 is 4.42 Å². The second kappa shape index (κ2) is 9.55. The number of aromatic nitrogens is 5. The molecule has 214 valence electrons. The second-order valence-electron chi connectivity index (χ2n) is 11.5. The molecule has 0 aliphatic rings. The van der Waals surface area contributed by atoms with Crippen molar-refractivity contribution in [3.8, 4) is 28.7 Å². The Kier molecular flexibility index (Phi) is 5.19. The van der Waals surface area contributed by atoms with E-state index in [0.717, 1.165) is 60.3 Å². The summed E-state index contributed by atoms with van der Waals surface area (Å²) in [7, 11) is 0. The summed E-state index contributed by atoms with van der Waals surface area (Å²) in [6, 6.07) is 44.1. The van der Waals surface area contributed by atoms with Gasteiger partial charge in [0.05, 0.1) is 17.2 Å². The number of pyridine rings is 1. The average Bonchev–Trinajstić information content (AvgIpc) is 3.67.